The molecule has 1 aliphatic rings. The van der Waals surface area contributed by atoms with Gasteiger partial charge in [-0.3, -0.25) is 0 Å². The van der Waals surface area contributed by atoms with E-state index in [0.29, 0.717) is 11.6 Å². The fourth-order valence-corrected chi connectivity index (χ4v) is 2.06. The summed E-state index contributed by atoms with van der Waals surface area (Å²) in [4.78, 5) is 0. The molecule has 0 aromatic heterocycles. The highest BCUT2D eigenvalue weighted by atomic mass is 16.3. The molecule has 1 aromatic carbocycles. The summed E-state index contributed by atoms with van der Waals surface area (Å²) in [6.07, 6.45) is 5.12. The molecular weight excluding hydrogens is 212 g/mol. The van der Waals surface area contributed by atoms with Crippen LogP contribution < -0.4 is 5.32 Å². The van der Waals surface area contributed by atoms with Gasteiger partial charge in [0.1, 0.15) is 0 Å². The van der Waals surface area contributed by atoms with Gasteiger partial charge in [0.15, 0.2) is 0 Å². The lowest BCUT2D eigenvalue weighted by atomic mass is 10.1. The Morgan fingerprint density at radius 2 is 2.29 bits per heavy atom. The van der Waals surface area contributed by atoms with Gasteiger partial charge < -0.3 is 10.4 Å². The molecule has 1 aliphatic carbocycles. The summed E-state index contributed by atoms with van der Waals surface area (Å²) in [5.41, 5.74) is 1.81. The van der Waals surface area contributed by atoms with Gasteiger partial charge in [0.05, 0.1) is 11.6 Å². The van der Waals surface area contributed by atoms with Gasteiger partial charge in [-0.1, -0.05) is 24.3 Å². The van der Waals surface area contributed by atoms with Crippen LogP contribution in [-0.2, 0) is 6.54 Å². The first kappa shape index (κ1) is 11.8. The van der Waals surface area contributed by atoms with E-state index in [9.17, 15) is 0 Å². The zero-order valence-corrected chi connectivity index (χ0v) is 9.63. The molecule has 0 heterocycles. The Balaban J connectivity index is 1.86. The molecule has 2 atom stereocenters. The van der Waals surface area contributed by atoms with Crippen LogP contribution in [0.1, 0.15) is 17.5 Å². The van der Waals surface area contributed by atoms with Crippen molar-refractivity contribution in [2.75, 3.05) is 6.61 Å². The standard InChI is InChI=1S/C14H16N2O/c15-8-11-2-1-3-12(6-11)9-16-14-5-4-13(7-14)10-17/h1-6,13-14,16-17H,7,9-10H2/t13-,14+/m0/s1. The quantitative estimate of drug-likeness (QED) is 0.769. The first-order chi connectivity index (χ1) is 8.31. The first-order valence-corrected chi connectivity index (χ1v) is 5.83. The number of benzene rings is 1. The Morgan fingerprint density at radius 1 is 1.41 bits per heavy atom. The second kappa shape index (κ2) is 5.62. The number of rotatable bonds is 4. The van der Waals surface area contributed by atoms with Gasteiger partial charge in [-0.25, -0.2) is 0 Å². The van der Waals surface area contributed by atoms with Crippen LogP contribution in [0, 0.1) is 17.2 Å². The normalized spacial score (nSPS) is 22.6. The van der Waals surface area contributed by atoms with Crippen molar-refractivity contribution in [1.29, 1.82) is 5.26 Å². The molecule has 0 amide bonds. The zero-order valence-electron chi connectivity index (χ0n) is 9.63. The smallest absolute Gasteiger partial charge is 0.0991 e. The van der Waals surface area contributed by atoms with Crippen LogP contribution in [0.5, 0.6) is 0 Å². The molecule has 0 spiro atoms. The van der Waals surface area contributed by atoms with Crippen LogP contribution in [0.25, 0.3) is 0 Å². The van der Waals surface area contributed by atoms with E-state index in [1.807, 2.05) is 18.2 Å². The second-order valence-electron chi connectivity index (χ2n) is 4.36. The van der Waals surface area contributed by atoms with E-state index < -0.39 is 0 Å². The van der Waals surface area contributed by atoms with Crippen molar-refractivity contribution in [2.24, 2.45) is 5.92 Å². The van der Waals surface area contributed by atoms with E-state index in [1.165, 1.54) is 0 Å². The highest BCUT2D eigenvalue weighted by Gasteiger charge is 2.17. The number of nitrogens with one attached hydrogen (secondary N) is 1. The average Bonchev–Trinajstić information content (AvgIpc) is 2.84. The summed E-state index contributed by atoms with van der Waals surface area (Å²) in [6, 6.07) is 10.1. The fourth-order valence-electron chi connectivity index (χ4n) is 2.06. The molecule has 0 aliphatic heterocycles. The van der Waals surface area contributed by atoms with Crippen molar-refractivity contribution < 1.29 is 5.11 Å². The molecule has 88 valence electrons. The molecule has 2 N–H and O–H groups in total. The number of hydrogen-bond donors (Lipinski definition) is 2. The minimum atomic E-state index is 0.221. The average molecular weight is 228 g/mol. The van der Waals surface area contributed by atoms with Gasteiger partial charge >= 0.3 is 0 Å². The van der Waals surface area contributed by atoms with Gasteiger partial charge in [0, 0.05) is 25.1 Å². The molecule has 0 unspecified atom stereocenters. The summed E-state index contributed by atoms with van der Waals surface area (Å²) in [6.45, 7) is 0.973. The van der Waals surface area contributed by atoms with Crippen molar-refractivity contribution in [1.82, 2.24) is 5.32 Å². The van der Waals surface area contributed by atoms with Crippen molar-refractivity contribution >= 4 is 0 Å². The lowest BCUT2D eigenvalue weighted by molar-refractivity contribution is 0.246. The highest BCUT2D eigenvalue weighted by molar-refractivity contribution is 5.32. The van der Waals surface area contributed by atoms with Gasteiger partial charge in [0.2, 0.25) is 0 Å². The van der Waals surface area contributed by atoms with Crippen LogP contribution in [0.3, 0.4) is 0 Å². The maximum absolute atomic E-state index is 9.02. The monoisotopic (exact) mass is 228 g/mol. The Bertz CT molecular complexity index is 448. The summed E-state index contributed by atoms with van der Waals surface area (Å²) in [7, 11) is 0. The molecule has 0 radical (unpaired) electrons. The number of nitrogens with zero attached hydrogens (tertiary/aromatic N) is 1. The molecule has 17 heavy (non-hydrogen) atoms. The predicted molar refractivity (Wildman–Crippen MR) is 66.1 cm³/mol. The maximum atomic E-state index is 9.02. The number of aliphatic hydroxyl groups is 1. The summed E-state index contributed by atoms with van der Waals surface area (Å²) < 4.78 is 0. The molecule has 1 aromatic rings. The van der Waals surface area contributed by atoms with Crippen LogP contribution in [0.2, 0.25) is 0 Å². The first-order valence-electron chi connectivity index (χ1n) is 5.83. The van der Waals surface area contributed by atoms with Crippen molar-refractivity contribution in [2.45, 2.75) is 19.0 Å². The van der Waals surface area contributed by atoms with Gasteiger partial charge in [-0.15, -0.1) is 0 Å². The SMILES string of the molecule is N#Cc1cccc(CN[C@@H]2C=C[C@H](CO)C2)c1. The van der Waals surface area contributed by atoms with E-state index in [2.05, 4.69) is 23.5 Å². The lowest BCUT2D eigenvalue weighted by Crippen LogP contribution is -2.26. The van der Waals surface area contributed by atoms with E-state index >= 15 is 0 Å². The van der Waals surface area contributed by atoms with Gasteiger partial charge in [-0.2, -0.15) is 5.26 Å². The third-order valence-electron chi connectivity index (χ3n) is 3.03. The Morgan fingerprint density at radius 3 is 3.00 bits per heavy atom. The number of nitriles is 1. The fraction of sp³-hybridized carbons (Fsp3) is 0.357. The topological polar surface area (TPSA) is 56.0 Å². The van der Waals surface area contributed by atoms with Crippen molar-refractivity contribution in [3.63, 3.8) is 0 Å². The molecule has 3 heteroatoms. The molecule has 3 nitrogen and oxygen atoms in total. The van der Waals surface area contributed by atoms with E-state index in [1.54, 1.807) is 6.07 Å². The zero-order chi connectivity index (χ0) is 12.1. The molecule has 0 fully saturated rings. The molecule has 2 rings (SSSR count). The largest absolute Gasteiger partial charge is 0.396 e. The van der Waals surface area contributed by atoms with Gasteiger partial charge in [0.25, 0.3) is 0 Å². The van der Waals surface area contributed by atoms with Crippen LogP contribution in [-0.4, -0.2) is 17.8 Å². The summed E-state index contributed by atoms with van der Waals surface area (Å²) in [5.74, 6) is 0.290. The molecule has 0 saturated carbocycles. The second-order valence-corrected chi connectivity index (χ2v) is 4.36. The van der Waals surface area contributed by atoms with E-state index in [-0.39, 0.29) is 12.5 Å². The van der Waals surface area contributed by atoms with Crippen molar-refractivity contribution in [3.05, 3.63) is 47.5 Å². The Labute approximate surface area is 101 Å². The molecule has 0 bridgehead atoms. The molecular formula is C14H16N2O. The third kappa shape index (κ3) is 3.16. The van der Waals surface area contributed by atoms with Gasteiger partial charge in [-0.05, 0) is 24.1 Å². The molecule has 0 saturated heterocycles. The van der Waals surface area contributed by atoms with E-state index in [0.717, 1.165) is 18.5 Å². The summed E-state index contributed by atoms with van der Waals surface area (Å²) in [5, 5.41) is 21.2. The number of aliphatic hydroxyl groups excluding tert-OH is 1. The van der Waals surface area contributed by atoms with Crippen LogP contribution >= 0.6 is 0 Å². The van der Waals surface area contributed by atoms with Crippen LogP contribution in [0.15, 0.2) is 36.4 Å². The highest BCUT2D eigenvalue weighted by Crippen LogP contribution is 2.17. The Kier molecular flexibility index (Phi) is 3.92. The maximum Gasteiger partial charge on any atom is 0.0991 e. The minimum absolute atomic E-state index is 0.221. The third-order valence-corrected chi connectivity index (χ3v) is 3.03. The number of hydrogen-bond acceptors (Lipinski definition) is 3. The van der Waals surface area contributed by atoms with E-state index in [4.69, 9.17) is 10.4 Å². The Hall–Kier alpha value is -1.63. The predicted octanol–water partition coefficient (Wildman–Crippen LogP) is 1.58. The minimum Gasteiger partial charge on any atom is -0.396 e. The van der Waals surface area contributed by atoms with Crippen LogP contribution in [0.4, 0.5) is 0 Å². The lowest BCUT2D eigenvalue weighted by Gasteiger charge is -2.12. The van der Waals surface area contributed by atoms with Crippen molar-refractivity contribution in [3.8, 4) is 6.07 Å². The summed E-state index contributed by atoms with van der Waals surface area (Å²) >= 11 is 0.